The van der Waals surface area contributed by atoms with Crippen molar-refractivity contribution in [2.45, 2.75) is 12.1 Å². The predicted octanol–water partition coefficient (Wildman–Crippen LogP) is 8.13. The van der Waals surface area contributed by atoms with Crippen molar-refractivity contribution in [1.29, 1.82) is 0 Å². The molecule has 9 heteroatoms. The van der Waals surface area contributed by atoms with Crippen LogP contribution < -0.4 is 9.64 Å². The fourth-order valence-electron chi connectivity index (χ4n) is 5.81. The maximum absolute atomic E-state index is 6.63. The van der Waals surface area contributed by atoms with Crippen molar-refractivity contribution in [1.82, 2.24) is 19.7 Å². The Bertz CT molecular complexity index is 1790. The van der Waals surface area contributed by atoms with Crippen LogP contribution >= 0.6 is 39.1 Å². The molecule has 0 unspecified atom stereocenters. The average Bonchev–Trinajstić information content (AvgIpc) is 3.41. The zero-order valence-electron chi connectivity index (χ0n) is 22.3. The molecule has 42 heavy (non-hydrogen) atoms. The van der Waals surface area contributed by atoms with Gasteiger partial charge in [-0.2, -0.15) is 10.1 Å². The normalized spacial score (nSPS) is 13.2. The quantitative estimate of drug-likeness (QED) is 0.134. The van der Waals surface area contributed by atoms with E-state index in [0.717, 1.165) is 27.8 Å². The van der Waals surface area contributed by atoms with Gasteiger partial charge in [-0.25, -0.2) is 4.98 Å². The van der Waals surface area contributed by atoms with Crippen LogP contribution in [0.25, 0.3) is 10.9 Å². The minimum Gasteiger partial charge on any atom is -0.489 e. The molecular weight excluding hydrogens is 633 g/mol. The Morgan fingerprint density at radius 2 is 1.40 bits per heavy atom. The standard InChI is InChI=1S/C33H24BrCl2N5O/c34-26-20-27-28-30(29(26)35)42-19-18-40(31(28)38-32(36)37-27)21-25-16-17-41(39-25)33(22-10-4-1-5-11-22,23-12-6-2-7-13-23)24-14-8-3-9-15-24/h1-17,20H,18-19,21H2. The lowest BCUT2D eigenvalue weighted by Gasteiger charge is -2.36. The van der Waals surface area contributed by atoms with E-state index in [2.05, 4.69) is 121 Å². The second-order valence-corrected chi connectivity index (χ2v) is 11.6. The fraction of sp³-hybridized carbons (Fsp3) is 0.121. The number of hydrogen-bond acceptors (Lipinski definition) is 5. The number of anilines is 1. The Hall–Kier alpha value is -3.91. The van der Waals surface area contributed by atoms with Crippen molar-refractivity contribution in [3.8, 4) is 5.75 Å². The second kappa shape index (κ2) is 11.1. The van der Waals surface area contributed by atoms with E-state index in [0.29, 0.717) is 46.3 Å². The number of rotatable bonds is 6. The summed E-state index contributed by atoms with van der Waals surface area (Å²) in [5.41, 5.74) is 4.17. The predicted molar refractivity (Wildman–Crippen MR) is 171 cm³/mol. The Balaban J connectivity index is 1.37. The van der Waals surface area contributed by atoms with Crippen LogP contribution in [0.3, 0.4) is 0 Å². The summed E-state index contributed by atoms with van der Waals surface area (Å²) >= 11 is 16.5. The highest BCUT2D eigenvalue weighted by atomic mass is 79.9. The third-order valence-electron chi connectivity index (χ3n) is 7.61. The van der Waals surface area contributed by atoms with E-state index in [-0.39, 0.29) is 5.28 Å². The summed E-state index contributed by atoms with van der Waals surface area (Å²) in [7, 11) is 0. The summed E-state index contributed by atoms with van der Waals surface area (Å²) in [5.74, 6) is 1.22. The first-order valence-corrected chi connectivity index (χ1v) is 15.0. The Morgan fingerprint density at radius 3 is 2.00 bits per heavy atom. The molecule has 0 fully saturated rings. The van der Waals surface area contributed by atoms with Crippen LogP contribution in [0.15, 0.2) is 114 Å². The highest BCUT2D eigenvalue weighted by molar-refractivity contribution is 9.10. The van der Waals surface area contributed by atoms with E-state index in [9.17, 15) is 0 Å². The first-order valence-electron chi connectivity index (χ1n) is 13.5. The van der Waals surface area contributed by atoms with Gasteiger partial charge in [0.05, 0.1) is 34.7 Å². The third kappa shape index (κ3) is 4.53. The highest BCUT2D eigenvalue weighted by Gasteiger charge is 2.39. The molecule has 0 saturated heterocycles. The molecule has 0 spiro atoms. The fourth-order valence-corrected chi connectivity index (χ4v) is 6.58. The van der Waals surface area contributed by atoms with Crippen LogP contribution in [0, 0.1) is 0 Å². The van der Waals surface area contributed by atoms with Crippen LogP contribution in [-0.4, -0.2) is 32.9 Å². The van der Waals surface area contributed by atoms with Crippen LogP contribution in [0.5, 0.6) is 5.75 Å². The summed E-state index contributed by atoms with van der Waals surface area (Å²) < 4.78 is 8.88. The van der Waals surface area contributed by atoms with Gasteiger partial charge in [-0.15, -0.1) is 0 Å². The lowest BCUT2D eigenvalue weighted by molar-refractivity contribution is 0.330. The van der Waals surface area contributed by atoms with E-state index in [1.807, 2.05) is 24.3 Å². The Kier molecular flexibility index (Phi) is 7.10. The number of halogens is 3. The van der Waals surface area contributed by atoms with E-state index in [1.165, 1.54) is 0 Å². The minimum atomic E-state index is -0.693. The largest absolute Gasteiger partial charge is 0.489 e. The van der Waals surface area contributed by atoms with Gasteiger partial charge >= 0.3 is 0 Å². The summed E-state index contributed by atoms with van der Waals surface area (Å²) in [6, 6.07) is 35.4. The molecule has 7 rings (SSSR count). The first-order chi connectivity index (χ1) is 20.6. The molecule has 2 aromatic heterocycles. The number of hydrogen-bond donors (Lipinski definition) is 0. The molecule has 0 bridgehead atoms. The molecular formula is C33H24BrCl2N5O. The van der Waals surface area contributed by atoms with Gasteiger partial charge in [0.15, 0.2) is 5.75 Å². The zero-order valence-corrected chi connectivity index (χ0v) is 25.4. The molecule has 4 aromatic carbocycles. The Morgan fingerprint density at radius 1 is 0.810 bits per heavy atom. The van der Waals surface area contributed by atoms with Gasteiger partial charge < -0.3 is 9.64 Å². The van der Waals surface area contributed by atoms with Gasteiger partial charge in [0.1, 0.15) is 18.0 Å². The van der Waals surface area contributed by atoms with Gasteiger partial charge in [-0.05, 0) is 56.4 Å². The van der Waals surface area contributed by atoms with Gasteiger partial charge in [0, 0.05) is 10.7 Å². The molecule has 1 aliphatic heterocycles. The topological polar surface area (TPSA) is 56.1 Å². The molecule has 6 nitrogen and oxygen atoms in total. The van der Waals surface area contributed by atoms with Crippen molar-refractivity contribution in [3.63, 3.8) is 0 Å². The third-order valence-corrected chi connectivity index (χ3v) is 9.01. The van der Waals surface area contributed by atoms with Crippen molar-refractivity contribution in [2.24, 2.45) is 0 Å². The molecule has 1 aliphatic rings. The summed E-state index contributed by atoms with van der Waals surface area (Å²) in [4.78, 5) is 11.2. The van der Waals surface area contributed by atoms with E-state index in [1.54, 1.807) is 0 Å². The average molecular weight is 657 g/mol. The number of aromatic nitrogens is 4. The van der Waals surface area contributed by atoms with Crippen LogP contribution in [0.1, 0.15) is 22.4 Å². The van der Waals surface area contributed by atoms with E-state index < -0.39 is 5.54 Å². The maximum Gasteiger partial charge on any atom is 0.224 e. The van der Waals surface area contributed by atoms with Crippen molar-refractivity contribution in [2.75, 3.05) is 18.1 Å². The summed E-state index contributed by atoms with van der Waals surface area (Å²) in [6.45, 7) is 1.47. The molecule has 0 atom stereocenters. The molecule has 0 amide bonds. The molecule has 0 saturated carbocycles. The zero-order chi connectivity index (χ0) is 28.7. The van der Waals surface area contributed by atoms with Crippen molar-refractivity contribution in [3.05, 3.63) is 146 Å². The number of nitrogens with zero attached hydrogens (tertiary/aromatic N) is 5. The van der Waals surface area contributed by atoms with Gasteiger partial charge in [0.2, 0.25) is 5.28 Å². The number of benzene rings is 4. The minimum absolute atomic E-state index is 0.159. The maximum atomic E-state index is 6.63. The SMILES string of the molecule is Clc1nc2c3c(c(Cl)c(Br)cc3n1)OCCN2Cc1ccn(C(c2ccccc2)(c2ccccc2)c2ccccc2)n1. The van der Waals surface area contributed by atoms with Crippen LogP contribution in [0.4, 0.5) is 5.82 Å². The number of ether oxygens (including phenoxy) is 1. The molecule has 0 radical (unpaired) electrons. The molecule has 0 N–H and O–H groups in total. The van der Waals surface area contributed by atoms with E-state index in [4.69, 9.17) is 33.0 Å². The van der Waals surface area contributed by atoms with Crippen LogP contribution in [0.2, 0.25) is 10.3 Å². The molecule has 208 valence electrons. The molecule has 0 aliphatic carbocycles. The van der Waals surface area contributed by atoms with Gasteiger partial charge in [-0.3, -0.25) is 4.68 Å². The van der Waals surface area contributed by atoms with Crippen molar-refractivity contribution < 1.29 is 4.74 Å². The lowest BCUT2D eigenvalue weighted by Crippen LogP contribution is -2.38. The highest BCUT2D eigenvalue weighted by Crippen LogP contribution is 2.44. The van der Waals surface area contributed by atoms with E-state index >= 15 is 0 Å². The summed E-state index contributed by atoms with van der Waals surface area (Å²) in [6.07, 6.45) is 2.06. The van der Waals surface area contributed by atoms with Crippen molar-refractivity contribution >= 4 is 55.9 Å². The van der Waals surface area contributed by atoms with Gasteiger partial charge in [-0.1, -0.05) is 103 Å². The Labute approximate surface area is 261 Å². The first kappa shape index (κ1) is 27.0. The molecule has 6 aromatic rings. The molecule has 3 heterocycles. The van der Waals surface area contributed by atoms with Crippen LogP contribution in [-0.2, 0) is 12.1 Å². The summed E-state index contributed by atoms with van der Waals surface area (Å²) in [5, 5.41) is 6.61. The monoisotopic (exact) mass is 655 g/mol. The lowest BCUT2D eigenvalue weighted by atomic mass is 9.77. The smallest absolute Gasteiger partial charge is 0.224 e. The van der Waals surface area contributed by atoms with Gasteiger partial charge in [0.25, 0.3) is 0 Å². The second-order valence-electron chi connectivity index (χ2n) is 10.0.